The van der Waals surface area contributed by atoms with Crippen LogP contribution in [0.4, 0.5) is 0 Å². The van der Waals surface area contributed by atoms with Gasteiger partial charge < -0.3 is 11.5 Å². The lowest BCUT2D eigenvalue weighted by atomic mass is 10.1. The van der Waals surface area contributed by atoms with Gasteiger partial charge in [0.2, 0.25) is 11.8 Å². The fourth-order valence-electron chi connectivity index (χ4n) is 0.343. The highest BCUT2D eigenvalue weighted by atomic mass is 16.2. The van der Waals surface area contributed by atoms with Gasteiger partial charge in [-0.3, -0.25) is 9.59 Å². The van der Waals surface area contributed by atoms with Gasteiger partial charge in [0.05, 0.1) is 0 Å². The van der Waals surface area contributed by atoms with Gasteiger partial charge >= 0.3 is 0 Å². The van der Waals surface area contributed by atoms with Crippen LogP contribution in [-0.4, -0.2) is 11.8 Å². The molecule has 0 aliphatic rings. The van der Waals surface area contributed by atoms with Crippen molar-refractivity contribution in [2.45, 2.75) is 6.42 Å². The third-order valence-electron chi connectivity index (χ3n) is 0.850. The lowest BCUT2D eigenvalue weighted by Crippen LogP contribution is -2.25. The van der Waals surface area contributed by atoms with Gasteiger partial charge in [-0.1, -0.05) is 0 Å². The molecule has 1 unspecified atom stereocenters. The summed E-state index contributed by atoms with van der Waals surface area (Å²) >= 11 is 0. The first-order valence-electron chi connectivity index (χ1n) is 2.44. The Kier molecular flexibility index (Phi) is 2.70. The molecule has 4 nitrogen and oxygen atoms in total. The van der Waals surface area contributed by atoms with Crippen molar-refractivity contribution in [3.63, 3.8) is 0 Å². The molecular formula is C5H9N2O2. The van der Waals surface area contributed by atoms with E-state index in [4.69, 9.17) is 11.5 Å². The van der Waals surface area contributed by atoms with Crippen LogP contribution in [-0.2, 0) is 9.59 Å². The number of hydrogen-bond donors (Lipinski definition) is 2. The van der Waals surface area contributed by atoms with Crippen molar-refractivity contribution >= 4 is 11.8 Å². The summed E-state index contributed by atoms with van der Waals surface area (Å²) in [6.45, 7) is 3.30. The molecule has 0 fully saturated rings. The molecule has 0 aliphatic carbocycles. The zero-order valence-electron chi connectivity index (χ0n) is 4.96. The summed E-state index contributed by atoms with van der Waals surface area (Å²) in [4.78, 5) is 20.3. The Labute approximate surface area is 53.2 Å². The largest absolute Gasteiger partial charge is 0.370 e. The van der Waals surface area contributed by atoms with Crippen molar-refractivity contribution in [1.82, 2.24) is 0 Å². The number of carbonyl (C=O) groups is 2. The summed E-state index contributed by atoms with van der Waals surface area (Å²) in [5.41, 5.74) is 9.52. The van der Waals surface area contributed by atoms with Crippen LogP contribution < -0.4 is 11.5 Å². The predicted octanol–water partition coefficient (Wildman–Crippen LogP) is -1.20. The standard InChI is InChI=1S/C5H9N2O2/c1-3(5(7)9)2-4(6)8/h3H,1-2H2,(H2,6,8)(H2,7,9). The topological polar surface area (TPSA) is 86.2 Å². The molecule has 0 aliphatic heterocycles. The number of rotatable bonds is 3. The molecule has 4 N–H and O–H groups in total. The van der Waals surface area contributed by atoms with Gasteiger partial charge in [-0.2, -0.15) is 0 Å². The molecule has 0 aromatic heterocycles. The summed E-state index contributed by atoms with van der Waals surface area (Å²) < 4.78 is 0. The fourth-order valence-corrected chi connectivity index (χ4v) is 0.343. The monoisotopic (exact) mass is 129 g/mol. The molecule has 4 heteroatoms. The van der Waals surface area contributed by atoms with Crippen LogP contribution in [0.25, 0.3) is 0 Å². The van der Waals surface area contributed by atoms with E-state index in [-0.39, 0.29) is 6.42 Å². The number of hydrogen-bond acceptors (Lipinski definition) is 2. The normalized spacial score (nSPS) is 12.6. The van der Waals surface area contributed by atoms with Gasteiger partial charge in [0.25, 0.3) is 0 Å². The van der Waals surface area contributed by atoms with Gasteiger partial charge in [-0.25, -0.2) is 0 Å². The van der Waals surface area contributed by atoms with E-state index in [2.05, 4.69) is 6.92 Å². The second-order valence-corrected chi connectivity index (χ2v) is 1.77. The molecule has 0 aromatic carbocycles. The van der Waals surface area contributed by atoms with E-state index in [0.29, 0.717) is 0 Å². The maximum atomic E-state index is 10.2. The molecule has 0 spiro atoms. The molecule has 1 radical (unpaired) electrons. The van der Waals surface area contributed by atoms with Gasteiger partial charge in [0.1, 0.15) is 0 Å². The number of primary amides is 2. The van der Waals surface area contributed by atoms with Crippen LogP contribution >= 0.6 is 0 Å². The third-order valence-corrected chi connectivity index (χ3v) is 0.850. The molecule has 0 heterocycles. The number of nitrogens with two attached hydrogens (primary N) is 2. The predicted molar refractivity (Wildman–Crippen MR) is 31.9 cm³/mol. The van der Waals surface area contributed by atoms with Crippen LogP contribution in [0.3, 0.4) is 0 Å². The highest BCUT2D eigenvalue weighted by Crippen LogP contribution is 1.96. The van der Waals surface area contributed by atoms with Crippen molar-refractivity contribution in [3.05, 3.63) is 6.92 Å². The maximum Gasteiger partial charge on any atom is 0.221 e. The lowest BCUT2D eigenvalue weighted by Gasteiger charge is -2.00. The summed E-state index contributed by atoms with van der Waals surface area (Å²) in [5, 5.41) is 0. The van der Waals surface area contributed by atoms with Crippen LogP contribution in [0.15, 0.2) is 0 Å². The summed E-state index contributed by atoms with van der Waals surface area (Å²) in [7, 11) is 0. The van der Waals surface area contributed by atoms with E-state index < -0.39 is 17.7 Å². The van der Waals surface area contributed by atoms with Gasteiger partial charge in [0, 0.05) is 12.3 Å². The molecule has 2 amide bonds. The summed E-state index contributed by atoms with van der Waals surface area (Å²) in [6.07, 6.45) is -0.0741. The van der Waals surface area contributed by atoms with Gasteiger partial charge in [-0.15, -0.1) is 0 Å². The van der Waals surface area contributed by atoms with E-state index in [1.54, 1.807) is 0 Å². The first-order valence-corrected chi connectivity index (χ1v) is 2.44. The minimum absolute atomic E-state index is 0.0741. The van der Waals surface area contributed by atoms with E-state index >= 15 is 0 Å². The lowest BCUT2D eigenvalue weighted by molar-refractivity contribution is -0.125. The quantitative estimate of drug-likeness (QED) is 0.501. The molecule has 0 saturated carbocycles. The van der Waals surface area contributed by atoms with Gasteiger partial charge in [-0.05, 0) is 6.92 Å². The third kappa shape index (κ3) is 3.52. The van der Waals surface area contributed by atoms with Crippen molar-refractivity contribution in [3.8, 4) is 0 Å². The maximum absolute atomic E-state index is 10.2. The summed E-state index contributed by atoms with van der Waals surface area (Å²) in [6, 6.07) is 0. The smallest absolute Gasteiger partial charge is 0.221 e. The molecule has 0 rings (SSSR count). The molecular weight excluding hydrogens is 120 g/mol. The number of carbonyl (C=O) groups excluding carboxylic acids is 2. The highest BCUT2D eigenvalue weighted by molar-refractivity contribution is 5.84. The molecule has 0 saturated heterocycles. The second-order valence-electron chi connectivity index (χ2n) is 1.77. The summed E-state index contributed by atoms with van der Waals surface area (Å²) in [5.74, 6) is -1.86. The Morgan fingerprint density at radius 1 is 1.44 bits per heavy atom. The minimum atomic E-state index is -0.692. The first-order chi connectivity index (χ1) is 4.04. The average Bonchev–Trinajstić information content (AvgIpc) is 1.63. The fraction of sp³-hybridized carbons (Fsp3) is 0.400. The first kappa shape index (κ1) is 7.94. The van der Waals surface area contributed by atoms with Crippen LogP contribution in [0, 0.1) is 12.8 Å². The SMILES string of the molecule is [CH2]C(CC(N)=O)C(N)=O. The Hall–Kier alpha value is -1.06. The minimum Gasteiger partial charge on any atom is -0.370 e. The Morgan fingerprint density at radius 2 is 1.89 bits per heavy atom. The van der Waals surface area contributed by atoms with E-state index in [0.717, 1.165) is 0 Å². The molecule has 51 valence electrons. The second kappa shape index (κ2) is 3.06. The van der Waals surface area contributed by atoms with Crippen LogP contribution in [0.1, 0.15) is 6.42 Å². The molecule has 9 heavy (non-hydrogen) atoms. The van der Waals surface area contributed by atoms with E-state index in [1.165, 1.54) is 0 Å². The number of amides is 2. The van der Waals surface area contributed by atoms with E-state index in [1.807, 2.05) is 0 Å². The average molecular weight is 129 g/mol. The van der Waals surface area contributed by atoms with Gasteiger partial charge in [0.15, 0.2) is 0 Å². The Morgan fingerprint density at radius 3 is 2.00 bits per heavy atom. The Balaban J connectivity index is 3.63. The Bertz CT molecular complexity index is 133. The van der Waals surface area contributed by atoms with Crippen molar-refractivity contribution in [2.24, 2.45) is 17.4 Å². The van der Waals surface area contributed by atoms with Crippen LogP contribution in [0.5, 0.6) is 0 Å². The molecule has 1 atom stereocenters. The zero-order chi connectivity index (χ0) is 7.44. The van der Waals surface area contributed by atoms with Crippen molar-refractivity contribution < 1.29 is 9.59 Å². The van der Waals surface area contributed by atoms with E-state index in [9.17, 15) is 9.59 Å². The van der Waals surface area contributed by atoms with Crippen LogP contribution in [0.2, 0.25) is 0 Å². The molecule has 0 aromatic rings. The zero-order valence-corrected chi connectivity index (χ0v) is 4.96. The van der Waals surface area contributed by atoms with Crippen molar-refractivity contribution in [1.29, 1.82) is 0 Å². The molecule has 0 bridgehead atoms. The highest BCUT2D eigenvalue weighted by Gasteiger charge is 2.10. The van der Waals surface area contributed by atoms with Crippen molar-refractivity contribution in [2.75, 3.05) is 0 Å².